The van der Waals surface area contributed by atoms with Crippen molar-refractivity contribution in [2.24, 2.45) is 0 Å². The van der Waals surface area contributed by atoms with Gasteiger partial charge in [0.05, 0.1) is 27.9 Å². The highest BCUT2D eigenvalue weighted by Gasteiger charge is 2.45. The summed E-state index contributed by atoms with van der Waals surface area (Å²) < 4.78 is 2.32. The van der Waals surface area contributed by atoms with E-state index in [1.807, 2.05) is 18.2 Å². The largest absolute Gasteiger partial charge is 0.288 e. The minimum atomic E-state index is -0.308. The van der Waals surface area contributed by atoms with Crippen LogP contribution >= 0.6 is 0 Å². The third-order valence-corrected chi connectivity index (χ3v) is 9.85. The molecule has 2 aliphatic rings. The van der Waals surface area contributed by atoms with E-state index in [9.17, 15) is 0 Å². The van der Waals surface area contributed by atoms with Gasteiger partial charge in [0, 0.05) is 27.5 Å². The van der Waals surface area contributed by atoms with Crippen molar-refractivity contribution in [3.8, 4) is 50.8 Å². The number of aromatic nitrogens is 4. The summed E-state index contributed by atoms with van der Waals surface area (Å²) in [5.74, 6) is 1.36. The topological polar surface area (TPSA) is 43.6 Å². The lowest BCUT2D eigenvalue weighted by atomic mass is 9.74. The molecule has 45 heavy (non-hydrogen) atoms. The zero-order valence-electron chi connectivity index (χ0n) is 24.6. The fraction of sp³-hybridized carbons (Fsp3) is 0.0488. The number of imidazole rings is 1. The zero-order chi connectivity index (χ0) is 29.7. The van der Waals surface area contributed by atoms with Crippen LogP contribution in [0.2, 0.25) is 0 Å². The average Bonchev–Trinajstić information content (AvgIpc) is 3.58. The molecule has 0 bridgehead atoms. The van der Waals surface area contributed by atoms with Crippen molar-refractivity contribution in [2.75, 3.05) is 0 Å². The van der Waals surface area contributed by atoms with Crippen LogP contribution in [0.4, 0.5) is 0 Å². The molecule has 8 aromatic rings. The summed E-state index contributed by atoms with van der Waals surface area (Å²) in [6.07, 6.45) is 0. The smallest absolute Gasteiger partial charge is 0.197 e. The minimum absolute atomic E-state index is 0.308. The van der Waals surface area contributed by atoms with Crippen LogP contribution in [0.5, 0.6) is 0 Å². The highest BCUT2D eigenvalue weighted by atomic mass is 15.1. The molecule has 0 saturated carbocycles. The van der Waals surface area contributed by atoms with Gasteiger partial charge in [-0.05, 0) is 52.9 Å². The Morgan fingerprint density at radius 3 is 2.11 bits per heavy atom. The van der Waals surface area contributed by atoms with Crippen molar-refractivity contribution in [2.45, 2.75) is 12.3 Å². The van der Waals surface area contributed by atoms with Crippen LogP contribution in [0.3, 0.4) is 0 Å². The monoisotopic (exact) mass is 574 g/mol. The summed E-state index contributed by atoms with van der Waals surface area (Å²) in [7, 11) is 0. The highest BCUT2D eigenvalue weighted by Crippen LogP contribution is 2.59. The van der Waals surface area contributed by atoms with Gasteiger partial charge >= 0.3 is 0 Å². The number of rotatable bonds is 3. The van der Waals surface area contributed by atoms with E-state index in [2.05, 4.69) is 133 Å². The predicted octanol–water partition coefficient (Wildman–Crippen LogP) is 9.62. The SMILES string of the molecule is CC1(c2ccccc2)c2cccc3c2-c2c1ccc1nc(-c4nc(-c5ccccc5)c5ccccc5n4)n(c21)-c1ccccc1-3. The summed E-state index contributed by atoms with van der Waals surface area (Å²) >= 11 is 0. The van der Waals surface area contributed by atoms with Crippen LogP contribution in [0, 0.1) is 0 Å². The second kappa shape index (κ2) is 8.84. The molecule has 4 nitrogen and oxygen atoms in total. The molecule has 1 atom stereocenters. The molecule has 3 heterocycles. The molecule has 2 aromatic heterocycles. The Kier molecular flexibility index (Phi) is 4.82. The molecule has 6 aromatic carbocycles. The fourth-order valence-corrected chi connectivity index (χ4v) is 7.80. The van der Waals surface area contributed by atoms with Gasteiger partial charge in [0.15, 0.2) is 11.6 Å². The molecule has 0 N–H and O–H groups in total. The standard InChI is InChI=1S/C41H26N4/c1-41(26-15-6-3-7-16-26)30-20-12-19-28-27-17-9-11-22-34(27)45-38-33(24-23-31(41)36(38)35(28)30)43-40(45)39-42-32-21-10-8-18-29(32)37(44-39)25-13-4-2-5-14-25/h2-24H,1H3. The van der Waals surface area contributed by atoms with Gasteiger partial charge in [0.2, 0.25) is 0 Å². The van der Waals surface area contributed by atoms with Gasteiger partial charge in [-0.1, -0.05) is 121 Å². The molecule has 0 saturated heterocycles. The summed E-state index contributed by atoms with van der Waals surface area (Å²) in [5, 5.41) is 1.02. The summed E-state index contributed by atoms with van der Waals surface area (Å²) in [6, 6.07) is 49.5. The summed E-state index contributed by atoms with van der Waals surface area (Å²) in [6.45, 7) is 2.37. The van der Waals surface area contributed by atoms with Crippen LogP contribution in [0.25, 0.3) is 72.8 Å². The lowest BCUT2D eigenvalue weighted by Crippen LogP contribution is -2.22. The fourth-order valence-electron chi connectivity index (χ4n) is 7.80. The predicted molar refractivity (Wildman–Crippen MR) is 181 cm³/mol. The molecular formula is C41H26N4. The summed E-state index contributed by atoms with van der Waals surface area (Å²) in [5.41, 5.74) is 14.6. The van der Waals surface area contributed by atoms with Crippen LogP contribution in [0.15, 0.2) is 140 Å². The Hall–Kier alpha value is -5.87. The third kappa shape index (κ3) is 3.18. The number of para-hydroxylation sites is 2. The maximum atomic E-state index is 5.33. The van der Waals surface area contributed by atoms with Crippen molar-refractivity contribution in [1.82, 2.24) is 19.5 Å². The molecule has 0 fully saturated rings. The molecule has 4 heteroatoms. The van der Waals surface area contributed by atoms with Gasteiger partial charge in [-0.15, -0.1) is 0 Å². The van der Waals surface area contributed by atoms with Crippen LogP contribution in [-0.4, -0.2) is 19.5 Å². The van der Waals surface area contributed by atoms with E-state index >= 15 is 0 Å². The van der Waals surface area contributed by atoms with E-state index < -0.39 is 0 Å². The lowest BCUT2D eigenvalue weighted by Gasteiger charge is -2.28. The molecule has 1 unspecified atom stereocenters. The van der Waals surface area contributed by atoms with Gasteiger partial charge in [0.25, 0.3) is 0 Å². The first-order valence-electron chi connectivity index (χ1n) is 15.4. The van der Waals surface area contributed by atoms with Gasteiger partial charge < -0.3 is 0 Å². The van der Waals surface area contributed by atoms with Crippen molar-refractivity contribution >= 4 is 21.9 Å². The molecule has 1 aliphatic heterocycles. The van der Waals surface area contributed by atoms with E-state index in [0.29, 0.717) is 5.82 Å². The number of benzene rings is 6. The van der Waals surface area contributed by atoms with Crippen LogP contribution in [0.1, 0.15) is 23.6 Å². The molecule has 1 aliphatic carbocycles. The molecule has 10 rings (SSSR count). The van der Waals surface area contributed by atoms with Crippen LogP contribution in [-0.2, 0) is 5.41 Å². The number of hydrogen-bond acceptors (Lipinski definition) is 3. The maximum absolute atomic E-state index is 5.33. The van der Waals surface area contributed by atoms with Gasteiger partial charge in [0.1, 0.15) is 0 Å². The van der Waals surface area contributed by atoms with E-state index in [4.69, 9.17) is 15.0 Å². The van der Waals surface area contributed by atoms with Crippen LogP contribution < -0.4 is 0 Å². The lowest BCUT2D eigenvalue weighted by molar-refractivity contribution is 0.714. The zero-order valence-corrected chi connectivity index (χ0v) is 24.6. The number of fused-ring (bicyclic) bond motifs is 4. The van der Waals surface area contributed by atoms with E-state index in [0.717, 1.165) is 44.7 Å². The van der Waals surface area contributed by atoms with E-state index in [-0.39, 0.29) is 5.41 Å². The first-order chi connectivity index (χ1) is 22.2. The van der Waals surface area contributed by atoms with Crippen molar-refractivity contribution in [3.63, 3.8) is 0 Å². The minimum Gasteiger partial charge on any atom is -0.288 e. The Bertz CT molecular complexity index is 2490. The van der Waals surface area contributed by atoms with Crippen molar-refractivity contribution in [3.05, 3.63) is 156 Å². The summed E-state index contributed by atoms with van der Waals surface area (Å²) in [4.78, 5) is 15.8. The first-order valence-corrected chi connectivity index (χ1v) is 15.4. The van der Waals surface area contributed by atoms with E-state index in [1.165, 1.54) is 38.9 Å². The average molecular weight is 575 g/mol. The Balaban J connectivity index is 1.36. The number of hydrogen-bond donors (Lipinski definition) is 0. The van der Waals surface area contributed by atoms with Gasteiger partial charge in [-0.25, -0.2) is 15.0 Å². The second-order valence-electron chi connectivity index (χ2n) is 12.1. The van der Waals surface area contributed by atoms with Gasteiger partial charge in [-0.2, -0.15) is 0 Å². The first kappa shape index (κ1) is 24.6. The Labute approximate surface area is 260 Å². The van der Waals surface area contributed by atoms with Gasteiger partial charge in [-0.3, -0.25) is 4.57 Å². The van der Waals surface area contributed by atoms with E-state index in [1.54, 1.807) is 0 Å². The molecule has 210 valence electrons. The molecular weight excluding hydrogens is 548 g/mol. The molecule has 0 amide bonds. The highest BCUT2D eigenvalue weighted by molar-refractivity contribution is 6.09. The third-order valence-electron chi connectivity index (χ3n) is 9.85. The molecule has 0 radical (unpaired) electrons. The maximum Gasteiger partial charge on any atom is 0.197 e. The number of nitrogens with zero attached hydrogens (tertiary/aromatic N) is 4. The Morgan fingerprint density at radius 2 is 1.24 bits per heavy atom. The van der Waals surface area contributed by atoms with Crippen molar-refractivity contribution in [1.29, 1.82) is 0 Å². The molecule has 0 spiro atoms. The quantitative estimate of drug-likeness (QED) is 0.211. The van der Waals surface area contributed by atoms with Crippen molar-refractivity contribution < 1.29 is 0 Å². The Morgan fingerprint density at radius 1 is 0.533 bits per heavy atom. The second-order valence-corrected chi connectivity index (χ2v) is 12.1. The normalized spacial score (nSPS) is 15.8.